The quantitative estimate of drug-likeness (QED) is 0.704. The number of rotatable bonds is 1. The Balaban J connectivity index is 2.10. The van der Waals surface area contributed by atoms with E-state index in [-0.39, 0.29) is 0 Å². The zero-order chi connectivity index (χ0) is 10.3. The van der Waals surface area contributed by atoms with Crippen molar-refractivity contribution in [3.05, 3.63) is 30.6 Å². The molecule has 0 radical (unpaired) electrons. The second-order valence-corrected chi connectivity index (χ2v) is 4.22. The SMILES string of the molecule is CC1CN(c2nccc3cccnc23)C1. The molecule has 0 atom stereocenters. The van der Waals surface area contributed by atoms with Gasteiger partial charge in [0.15, 0.2) is 5.82 Å². The Labute approximate surface area is 88.8 Å². The fraction of sp³-hybridized carbons (Fsp3) is 0.333. The van der Waals surface area contributed by atoms with Gasteiger partial charge in [-0.1, -0.05) is 13.0 Å². The van der Waals surface area contributed by atoms with Crippen molar-refractivity contribution in [2.45, 2.75) is 6.92 Å². The van der Waals surface area contributed by atoms with Crippen LogP contribution in [0.3, 0.4) is 0 Å². The second-order valence-electron chi connectivity index (χ2n) is 4.22. The molecule has 3 heteroatoms. The van der Waals surface area contributed by atoms with E-state index in [2.05, 4.69) is 27.9 Å². The minimum atomic E-state index is 0.783. The third-order valence-corrected chi connectivity index (χ3v) is 2.87. The molecule has 3 heterocycles. The van der Waals surface area contributed by atoms with Gasteiger partial charge in [-0.15, -0.1) is 0 Å². The van der Waals surface area contributed by atoms with Crippen molar-refractivity contribution < 1.29 is 0 Å². The van der Waals surface area contributed by atoms with Crippen LogP contribution in [-0.2, 0) is 0 Å². The highest BCUT2D eigenvalue weighted by Gasteiger charge is 2.25. The summed E-state index contributed by atoms with van der Waals surface area (Å²) in [5, 5.41) is 1.17. The summed E-state index contributed by atoms with van der Waals surface area (Å²) in [6, 6.07) is 6.05. The van der Waals surface area contributed by atoms with Crippen LogP contribution in [0.15, 0.2) is 30.6 Å². The highest BCUT2D eigenvalue weighted by atomic mass is 15.2. The summed E-state index contributed by atoms with van der Waals surface area (Å²) in [6.45, 7) is 4.46. The molecule has 0 unspecified atom stereocenters. The van der Waals surface area contributed by atoms with E-state index in [0.29, 0.717) is 0 Å². The maximum atomic E-state index is 4.43. The summed E-state index contributed by atoms with van der Waals surface area (Å²) in [6.07, 6.45) is 3.69. The number of fused-ring (bicyclic) bond motifs is 1. The zero-order valence-corrected chi connectivity index (χ0v) is 8.72. The average Bonchev–Trinajstić information content (AvgIpc) is 2.24. The Morgan fingerprint density at radius 3 is 2.87 bits per heavy atom. The summed E-state index contributed by atoms with van der Waals surface area (Å²) >= 11 is 0. The van der Waals surface area contributed by atoms with Gasteiger partial charge in [0.05, 0.1) is 0 Å². The third-order valence-electron chi connectivity index (χ3n) is 2.87. The van der Waals surface area contributed by atoms with Gasteiger partial charge in [0.25, 0.3) is 0 Å². The van der Waals surface area contributed by atoms with Crippen molar-refractivity contribution in [1.82, 2.24) is 9.97 Å². The molecule has 1 saturated heterocycles. The van der Waals surface area contributed by atoms with Crippen molar-refractivity contribution in [2.24, 2.45) is 5.92 Å². The van der Waals surface area contributed by atoms with Gasteiger partial charge in [0.2, 0.25) is 0 Å². The van der Waals surface area contributed by atoms with Crippen molar-refractivity contribution in [3.63, 3.8) is 0 Å². The first-order chi connectivity index (χ1) is 7.34. The number of hydrogen-bond donors (Lipinski definition) is 0. The van der Waals surface area contributed by atoms with Crippen molar-refractivity contribution in [1.29, 1.82) is 0 Å². The first-order valence-corrected chi connectivity index (χ1v) is 5.29. The lowest BCUT2D eigenvalue weighted by molar-refractivity contribution is 0.444. The van der Waals surface area contributed by atoms with Crippen LogP contribution < -0.4 is 4.90 Å². The molecule has 0 aliphatic carbocycles. The highest BCUT2D eigenvalue weighted by Crippen LogP contribution is 2.27. The Bertz CT molecular complexity index is 484. The van der Waals surface area contributed by atoms with E-state index < -0.39 is 0 Å². The van der Waals surface area contributed by atoms with Crippen LogP contribution in [0.1, 0.15) is 6.92 Å². The Kier molecular flexibility index (Phi) is 1.84. The molecule has 15 heavy (non-hydrogen) atoms. The summed E-state index contributed by atoms with van der Waals surface area (Å²) in [5.74, 6) is 1.82. The molecule has 1 aliphatic rings. The van der Waals surface area contributed by atoms with Crippen molar-refractivity contribution in [3.8, 4) is 0 Å². The molecule has 76 valence electrons. The third kappa shape index (κ3) is 1.35. The zero-order valence-electron chi connectivity index (χ0n) is 8.72. The first kappa shape index (κ1) is 8.65. The van der Waals surface area contributed by atoms with E-state index in [9.17, 15) is 0 Å². The van der Waals surface area contributed by atoms with Gasteiger partial charge in [-0.2, -0.15) is 0 Å². The summed E-state index contributed by atoms with van der Waals surface area (Å²) < 4.78 is 0. The van der Waals surface area contributed by atoms with Crippen LogP contribution in [0.2, 0.25) is 0 Å². The van der Waals surface area contributed by atoms with Gasteiger partial charge in [-0.25, -0.2) is 4.98 Å². The maximum absolute atomic E-state index is 4.43. The molecule has 0 amide bonds. The number of hydrogen-bond acceptors (Lipinski definition) is 3. The Hall–Kier alpha value is -1.64. The standard InChI is InChI=1S/C12H13N3/c1-9-7-15(8-9)12-11-10(4-6-14-12)3-2-5-13-11/h2-6,9H,7-8H2,1H3. The van der Waals surface area contributed by atoms with E-state index in [1.165, 1.54) is 5.39 Å². The topological polar surface area (TPSA) is 29.0 Å². The van der Waals surface area contributed by atoms with E-state index in [4.69, 9.17) is 0 Å². The molecule has 0 aromatic carbocycles. The Morgan fingerprint density at radius 1 is 1.20 bits per heavy atom. The first-order valence-electron chi connectivity index (χ1n) is 5.29. The number of nitrogens with zero attached hydrogens (tertiary/aromatic N) is 3. The molecule has 3 nitrogen and oxygen atoms in total. The molecule has 0 N–H and O–H groups in total. The Morgan fingerprint density at radius 2 is 2.07 bits per heavy atom. The lowest BCUT2D eigenvalue weighted by Crippen LogP contribution is -2.45. The van der Waals surface area contributed by atoms with Gasteiger partial charge < -0.3 is 4.90 Å². The lowest BCUT2D eigenvalue weighted by Gasteiger charge is -2.38. The van der Waals surface area contributed by atoms with Crippen LogP contribution in [-0.4, -0.2) is 23.1 Å². The van der Waals surface area contributed by atoms with Gasteiger partial charge in [-0.05, 0) is 18.1 Å². The lowest BCUT2D eigenvalue weighted by atomic mass is 10.0. The summed E-state index contributed by atoms with van der Waals surface area (Å²) in [5.41, 5.74) is 1.02. The van der Waals surface area contributed by atoms with Crippen LogP contribution in [0, 0.1) is 5.92 Å². The molecule has 2 aromatic rings. The van der Waals surface area contributed by atoms with Crippen molar-refractivity contribution in [2.75, 3.05) is 18.0 Å². The van der Waals surface area contributed by atoms with Crippen LogP contribution >= 0.6 is 0 Å². The predicted molar refractivity (Wildman–Crippen MR) is 60.9 cm³/mol. The molecule has 2 aromatic heterocycles. The van der Waals surface area contributed by atoms with Gasteiger partial charge in [0.1, 0.15) is 5.52 Å². The van der Waals surface area contributed by atoms with E-state index in [1.54, 1.807) is 0 Å². The minimum absolute atomic E-state index is 0.783. The molecule has 3 rings (SSSR count). The monoisotopic (exact) mass is 199 g/mol. The molecular formula is C12H13N3. The van der Waals surface area contributed by atoms with Gasteiger partial charge in [-0.3, -0.25) is 4.98 Å². The average molecular weight is 199 g/mol. The minimum Gasteiger partial charge on any atom is -0.354 e. The normalized spacial score (nSPS) is 16.7. The molecule has 1 aliphatic heterocycles. The van der Waals surface area contributed by atoms with Gasteiger partial charge in [0, 0.05) is 30.9 Å². The summed E-state index contributed by atoms with van der Waals surface area (Å²) in [4.78, 5) is 11.1. The molecule has 0 saturated carbocycles. The van der Waals surface area contributed by atoms with Gasteiger partial charge >= 0.3 is 0 Å². The molecule has 0 spiro atoms. The fourth-order valence-electron chi connectivity index (χ4n) is 2.09. The second kappa shape index (κ2) is 3.19. The maximum Gasteiger partial charge on any atom is 0.155 e. The van der Waals surface area contributed by atoms with Crippen molar-refractivity contribution >= 4 is 16.7 Å². The number of anilines is 1. The molecule has 1 fully saturated rings. The van der Waals surface area contributed by atoms with Crippen LogP contribution in [0.25, 0.3) is 10.9 Å². The van der Waals surface area contributed by atoms with E-state index in [0.717, 1.165) is 30.3 Å². The molecular weight excluding hydrogens is 186 g/mol. The number of aromatic nitrogens is 2. The predicted octanol–water partition coefficient (Wildman–Crippen LogP) is 2.09. The molecule has 0 bridgehead atoms. The smallest absolute Gasteiger partial charge is 0.155 e. The van der Waals surface area contributed by atoms with E-state index >= 15 is 0 Å². The largest absolute Gasteiger partial charge is 0.354 e. The summed E-state index contributed by atoms with van der Waals surface area (Å²) in [7, 11) is 0. The number of pyridine rings is 2. The van der Waals surface area contributed by atoms with Crippen LogP contribution in [0.5, 0.6) is 0 Å². The van der Waals surface area contributed by atoms with E-state index in [1.807, 2.05) is 24.5 Å². The highest BCUT2D eigenvalue weighted by molar-refractivity contribution is 5.88. The van der Waals surface area contributed by atoms with Crippen LogP contribution in [0.4, 0.5) is 5.82 Å². The fourth-order valence-corrected chi connectivity index (χ4v) is 2.09.